The predicted octanol–water partition coefficient (Wildman–Crippen LogP) is 7.40. The van der Waals surface area contributed by atoms with Crippen LogP contribution in [0.5, 0.6) is 5.75 Å². The molecule has 0 radical (unpaired) electrons. The van der Waals surface area contributed by atoms with E-state index < -0.39 is 43.7 Å². The highest BCUT2D eigenvalue weighted by Crippen LogP contribution is 2.44. The Labute approximate surface area is 383 Å². The number of hydrogen-bond donors (Lipinski definition) is 3. The quantitative estimate of drug-likeness (QED) is 0.0954. The smallest absolute Gasteiger partial charge is 0.312 e. The number of benzene rings is 3. The molecule has 1 atom stereocenters. The molecular formula is C47H53ClFN9O6S. The number of sulfonamides is 1. The van der Waals surface area contributed by atoms with Crippen molar-refractivity contribution in [3.63, 3.8) is 0 Å². The van der Waals surface area contributed by atoms with E-state index in [1.165, 1.54) is 16.7 Å². The number of hydrogen-bond acceptors (Lipinski definition) is 12. The number of rotatable bonds is 12. The van der Waals surface area contributed by atoms with Gasteiger partial charge in [-0.05, 0) is 122 Å². The number of carbonyl (C=O) groups is 1. The average molecular weight is 927 g/mol. The van der Waals surface area contributed by atoms with Gasteiger partial charge in [-0.3, -0.25) is 19.8 Å². The zero-order valence-corrected chi connectivity index (χ0v) is 38.2. The van der Waals surface area contributed by atoms with E-state index in [1.54, 1.807) is 23.0 Å². The summed E-state index contributed by atoms with van der Waals surface area (Å²) in [6.45, 7) is 9.21. The second kappa shape index (κ2) is 17.6. The first-order valence-corrected chi connectivity index (χ1v) is 23.8. The maximum Gasteiger partial charge on any atom is 0.312 e. The SMILES string of the molecule is CN1CCC(F)(COc2ccc(S(=O)(=O)NC(=O)c3ccc(N4CCN(CC5=C(c6ccc(Cl)cc6)CC(C)(C)CC5)CC4)cc3-n3ncc4c3C=C3C=CNC3N4)cc2[N+](=O)[O-])CC1. The Morgan fingerprint density at radius 1 is 1.03 bits per heavy atom. The summed E-state index contributed by atoms with van der Waals surface area (Å²) >= 11 is 6.26. The molecule has 9 rings (SSSR count). The van der Waals surface area contributed by atoms with Crippen molar-refractivity contribution in [1.82, 2.24) is 29.6 Å². The van der Waals surface area contributed by atoms with Gasteiger partial charge < -0.3 is 25.2 Å². The Balaban J connectivity index is 0.962. The fourth-order valence-corrected chi connectivity index (χ4v) is 10.4. The van der Waals surface area contributed by atoms with Gasteiger partial charge in [-0.15, -0.1) is 0 Å². The van der Waals surface area contributed by atoms with Gasteiger partial charge in [0, 0.05) is 62.6 Å². The van der Waals surface area contributed by atoms with Gasteiger partial charge in [-0.25, -0.2) is 22.2 Å². The van der Waals surface area contributed by atoms with E-state index in [1.807, 2.05) is 48.5 Å². The zero-order chi connectivity index (χ0) is 45.7. The molecule has 1 aliphatic carbocycles. The van der Waals surface area contributed by atoms with Gasteiger partial charge in [0.15, 0.2) is 5.75 Å². The van der Waals surface area contributed by atoms with E-state index >= 15 is 4.39 Å². The summed E-state index contributed by atoms with van der Waals surface area (Å²) in [6, 6.07) is 16.4. The predicted molar refractivity (Wildman–Crippen MR) is 250 cm³/mol. The van der Waals surface area contributed by atoms with Gasteiger partial charge in [0.2, 0.25) is 0 Å². The summed E-state index contributed by atoms with van der Waals surface area (Å²) in [7, 11) is -2.78. The Morgan fingerprint density at radius 2 is 1.78 bits per heavy atom. The van der Waals surface area contributed by atoms with E-state index in [-0.39, 0.29) is 35.7 Å². The molecule has 1 aromatic heterocycles. The molecule has 1 unspecified atom stereocenters. The van der Waals surface area contributed by atoms with E-state index in [2.05, 4.69) is 56.2 Å². The number of halogens is 2. The number of allylic oxidation sites excluding steroid dienone is 1. The second-order valence-corrected chi connectivity index (χ2v) is 20.7. The number of nitrogens with one attached hydrogen (secondary N) is 3. The van der Waals surface area contributed by atoms with Crippen LogP contribution in [-0.2, 0) is 10.0 Å². The van der Waals surface area contributed by atoms with Crippen molar-refractivity contribution in [2.45, 2.75) is 62.7 Å². The standard InChI is InChI=1S/C47H53ClFN9O6S/c1-46(2)14-12-33(38(27-46)31-4-6-34(48)7-5-31)29-55-20-22-56(23-21-55)35-8-10-37(40(25-35)57-41-24-32-13-17-50-44(32)52-39(41)28-51-57)45(59)53-65(62,63)36-9-11-43(42(26-36)58(60)61)64-30-47(49)15-18-54(3)19-16-47/h4-11,13,17,24-26,28,44,50,52H,12,14-16,18-23,27,29-30H2,1-3H3,(H,53,59). The summed E-state index contributed by atoms with van der Waals surface area (Å²) in [6.07, 6.45) is 10.8. The first kappa shape index (κ1) is 44.5. The highest BCUT2D eigenvalue weighted by Gasteiger charge is 2.36. The van der Waals surface area contributed by atoms with Gasteiger partial charge in [0.1, 0.15) is 18.4 Å². The first-order valence-electron chi connectivity index (χ1n) is 22.0. The van der Waals surface area contributed by atoms with Crippen molar-refractivity contribution in [2.75, 3.05) is 69.7 Å². The second-order valence-electron chi connectivity index (χ2n) is 18.5. The lowest BCUT2D eigenvalue weighted by molar-refractivity contribution is -0.386. The molecule has 2 saturated heterocycles. The number of amides is 1. The fourth-order valence-electron chi connectivity index (χ4n) is 9.32. The van der Waals surface area contributed by atoms with Crippen LogP contribution in [-0.4, -0.2) is 110 Å². The highest BCUT2D eigenvalue weighted by atomic mass is 35.5. The number of anilines is 2. The Morgan fingerprint density at radius 3 is 2.52 bits per heavy atom. The van der Waals surface area contributed by atoms with Crippen LogP contribution in [0.4, 0.5) is 21.5 Å². The van der Waals surface area contributed by atoms with Crippen molar-refractivity contribution in [3.8, 4) is 11.4 Å². The van der Waals surface area contributed by atoms with Gasteiger partial charge in [-0.1, -0.05) is 43.2 Å². The van der Waals surface area contributed by atoms with Crippen molar-refractivity contribution in [1.29, 1.82) is 0 Å². The number of nitro groups is 1. The summed E-state index contributed by atoms with van der Waals surface area (Å²) in [5, 5.41) is 24.2. The van der Waals surface area contributed by atoms with Crippen molar-refractivity contribution < 1.29 is 27.3 Å². The Kier molecular flexibility index (Phi) is 12.0. The normalized spacial score (nSPS) is 20.6. The number of carbonyl (C=O) groups excluding carboxylic acids is 1. The third kappa shape index (κ3) is 9.50. The Hall–Kier alpha value is -5.75. The van der Waals surface area contributed by atoms with Crippen LogP contribution in [0, 0.1) is 15.5 Å². The fraction of sp³-hybridized carbons (Fsp3) is 0.404. The molecule has 0 spiro atoms. The third-order valence-corrected chi connectivity index (χ3v) is 14.9. The molecule has 0 bridgehead atoms. The lowest BCUT2D eigenvalue weighted by Gasteiger charge is -2.39. The summed E-state index contributed by atoms with van der Waals surface area (Å²) in [4.78, 5) is 31.8. The number of nitro benzene ring substituents is 1. The summed E-state index contributed by atoms with van der Waals surface area (Å²) in [5.41, 5.74) is 5.50. The largest absolute Gasteiger partial charge is 0.483 e. The average Bonchev–Trinajstić information content (AvgIpc) is 3.93. The first-order chi connectivity index (χ1) is 31.0. The molecule has 5 heterocycles. The molecule has 1 amide bonds. The van der Waals surface area contributed by atoms with Gasteiger partial charge >= 0.3 is 5.69 Å². The molecule has 3 aromatic carbocycles. The molecule has 15 nitrogen and oxygen atoms in total. The van der Waals surface area contributed by atoms with Crippen molar-refractivity contribution in [3.05, 3.63) is 122 Å². The van der Waals surface area contributed by atoms with Crippen LogP contribution < -0.4 is 25.0 Å². The molecule has 65 heavy (non-hydrogen) atoms. The number of ether oxygens (including phenoxy) is 1. The third-order valence-electron chi connectivity index (χ3n) is 13.3. The van der Waals surface area contributed by atoms with Crippen LogP contribution in [0.25, 0.3) is 17.3 Å². The maximum absolute atomic E-state index is 15.4. The lowest BCUT2D eigenvalue weighted by Crippen LogP contribution is -2.47. The molecule has 3 N–H and O–H groups in total. The van der Waals surface area contributed by atoms with E-state index in [9.17, 15) is 23.3 Å². The van der Waals surface area contributed by atoms with Crippen LogP contribution in [0.3, 0.4) is 0 Å². The van der Waals surface area contributed by atoms with Crippen molar-refractivity contribution in [2.24, 2.45) is 5.41 Å². The van der Waals surface area contributed by atoms with Crippen LogP contribution >= 0.6 is 11.6 Å². The Bertz CT molecular complexity index is 2720. The van der Waals surface area contributed by atoms with Gasteiger partial charge in [0.25, 0.3) is 15.9 Å². The molecule has 5 aliphatic rings. The minimum absolute atomic E-state index is 0.0187. The number of aromatic nitrogens is 2. The monoisotopic (exact) mass is 925 g/mol. The minimum atomic E-state index is -4.66. The van der Waals surface area contributed by atoms with Gasteiger partial charge in [0.05, 0.1) is 38.6 Å². The number of piperidine rings is 1. The van der Waals surface area contributed by atoms with Crippen LogP contribution in [0.1, 0.15) is 67.6 Å². The highest BCUT2D eigenvalue weighted by molar-refractivity contribution is 7.90. The summed E-state index contributed by atoms with van der Waals surface area (Å²) in [5.74, 6) is -1.23. The number of alkyl halides is 1. The number of likely N-dealkylation sites (tertiary alicyclic amines) is 1. The lowest BCUT2D eigenvalue weighted by atomic mass is 9.72. The molecule has 4 aromatic rings. The zero-order valence-electron chi connectivity index (χ0n) is 36.6. The molecule has 4 aliphatic heterocycles. The van der Waals surface area contributed by atoms with E-state index in [0.717, 1.165) is 92.2 Å². The van der Waals surface area contributed by atoms with Crippen molar-refractivity contribution >= 4 is 56.2 Å². The minimum Gasteiger partial charge on any atom is -0.483 e. The summed E-state index contributed by atoms with van der Waals surface area (Å²) < 4.78 is 52.5. The molecule has 342 valence electrons. The molecule has 2 fully saturated rings. The molecule has 0 saturated carbocycles. The number of fused-ring (bicyclic) bond motifs is 2. The number of nitrogens with zero attached hydrogens (tertiary/aromatic N) is 6. The number of piperazine rings is 1. The molecular weight excluding hydrogens is 873 g/mol. The maximum atomic E-state index is 15.4. The van der Waals surface area contributed by atoms with Gasteiger partial charge in [-0.2, -0.15) is 5.10 Å². The van der Waals surface area contributed by atoms with Crippen LogP contribution in [0.15, 0.2) is 95.2 Å². The molecule has 18 heteroatoms. The van der Waals surface area contributed by atoms with E-state index in [0.29, 0.717) is 24.5 Å². The van der Waals surface area contributed by atoms with Crippen LogP contribution in [0.2, 0.25) is 5.02 Å². The van der Waals surface area contributed by atoms with E-state index in [4.69, 9.17) is 16.3 Å². The topological polar surface area (TPSA) is 167 Å².